The molecule has 0 unspecified atom stereocenters. The SMILES string of the molecule is c1ccc(C2(c3ccccc3)c3ccccc3-c3c(N(c4ccccc4-c4ccc5oc6cc7ccccc7cc6c5c4)c4cccc5ccccc45)cccc32)cc1. The standard InChI is InChI=1S/C57H37NO/c1-3-21-42(22-4-1)57(43-23-5-2-6-24-43)49-28-13-11-27-46(49)56-50(57)29-16-32-53(56)58(52-31-15-20-38-17-9-10-25-44(38)52)51-30-14-12-26-45(51)41-33-34-54-47(36-41)48-35-39-18-7-8-19-40(39)37-55(48)59-54/h1-37H. The second kappa shape index (κ2) is 13.2. The molecule has 0 saturated carbocycles. The van der Waals surface area contributed by atoms with Crippen molar-refractivity contribution in [1.29, 1.82) is 0 Å². The molecule has 0 bridgehead atoms. The first-order valence-electron chi connectivity index (χ1n) is 20.3. The van der Waals surface area contributed by atoms with Gasteiger partial charge in [-0.1, -0.05) is 182 Å². The quantitative estimate of drug-likeness (QED) is 0.168. The molecule has 2 heteroatoms. The van der Waals surface area contributed by atoms with Gasteiger partial charge in [-0.15, -0.1) is 0 Å². The number of benzene rings is 10. The predicted molar refractivity (Wildman–Crippen MR) is 246 cm³/mol. The molecule has 0 fully saturated rings. The van der Waals surface area contributed by atoms with Crippen LogP contribution in [0.3, 0.4) is 0 Å². The van der Waals surface area contributed by atoms with Crippen LogP contribution in [0.2, 0.25) is 0 Å². The van der Waals surface area contributed by atoms with E-state index in [-0.39, 0.29) is 0 Å². The summed E-state index contributed by atoms with van der Waals surface area (Å²) < 4.78 is 6.48. The molecule has 59 heavy (non-hydrogen) atoms. The summed E-state index contributed by atoms with van der Waals surface area (Å²) in [6, 6.07) is 82.0. The predicted octanol–water partition coefficient (Wildman–Crippen LogP) is 15.4. The van der Waals surface area contributed by atoms with Crippen LogP contribution in [0.1, 0.15) is 22.3 Å². The Hall–Kier alpha value is -7.68. The van der Waals surface area contributed by atoms with E-state index in [4.69, 9.17) is 4.42 Å². The van der Waals surface area contributed by atoms with E-state index in [1.54, 1.807) is 0 Å². The van der Waals surface area contributed by atoms with Crippen LogP contribution in [0, 0.1) is 0 Å². The van der Waals surface area contributed by atoms with Crippen molar-refractivity contribution in [2.45, 2.75) is 5.41 Å². The highest BCUT2D eigenvalue weighted by Gasteiger charge is 2.47. The van der Waals surface area contributed by atoms with Gasteiger partial charge < -0.3 is 9.32 Å². The van der Waals surface area contributed by atoms with Gasteiger partial charge in [0.25, 0.3) is 0 Å². The van der Waals surface area contributed by atoms with Crippen molar-refractivity contribution < 1.29 is 4.42 Å². The Morgan fingerprint density at radius 3 is 1.69 bits per heavy atom. The first kappa shape index (κ1) is 33.5. The maximum Gasteiger partial charge on any atom is 0.136 e. The largest absolute Gasteiger partial charge is 0.456 e. The van der Waals surface area contributed by atoms with Gasteiger partial charge >= 0.3 is 0 Å². The third kappa shape index (κ3) is 5.00. The van der Waals surface area contributed by atoms with Crippen molar-refractivity contribution in [3.05, 3.63) is 247 Å². The van der Waals surface area contributed by atoms with Crippen molar-refractivity contribution in [2.24, 2.45) is 0 Å². The Kier molecular flexibility index (Phi) is 7.48. The van der Waals surface area contributed by atoms with Crippen molar-refractivity contribution in [3.8, 4) is 22.3 Å². The number of para-hydroxylation sites is 1. The van der Waals surface area contributed by atoms with E-state index in [9.17, 15) is 0 Å². The summed E-state index contributed by atoms with van der Waals surface area (Å²) in [4.78, 5) is 2.52. The summed E-state index contributed by atoms with van der Waals surface area (Å²) >= 11 is 0. The molecule has 276 valence electrons. The van der Waals surface area contributed by atoms with Crippen LogP contribution in [0.4, 0.5) is 17.1 Å². The summed E-state index contributed by atoms with van der Waals surface area (Å²) in [5.41, 5.74) is 14.4. The minimum absolute atomic E-state index is 0.522. The summed E-state index contributed by atoms with van der Waals surface area (Å²) in [6.45, 7) is 0. The zero-order valence-corrected chi connectivity index (χ0v) is 32.2. The van der Waals surface area contributed by atoms with Gasteiger partial charge in [-0.25, -0.2) is 0 Å². The molecule has 0 amide bonds. The Balaban J connectivity index is 1.16. The highest BCUT2D eigenvalue weighted by molar-refractivity contribution is 6.12. The summed E-state index contributed by atoms with van der Waals surface area (Å²) in [5.74, 6) is 0. The lowest BCUT2D eigenvalue weighted by Crippen LogP contribution is -2.28. The first-order chi connectivity index (χ1) is 29.3. The molecule has 2 nitrogen and oxygen atoms in total. The third-order valence-electron chi connectivity index (χ3n) is 12.5. The van der Waals surface area contributed by atoms with Gasteiger partial charge in [0.05, 0.1) is 22.5 Å². The molecule has 0 atom stereocenters. The minimum Gasteiger partial charge on any atom is -0.456 e. The van der Waals surface area contributed by atoms with Gasteiger partial charge in [-0.2, -0.15) is 0 Å². The molecule has 1 aliphatic rings. The lowest BCUT2D eigenvalue weighted by atomic mass is 9.68. The molecular formula is C57H37NO. The minimum atomic E-state index is -0.522. The van der Waals surface area contributed by atoms with E-state index in [2.05, 4.69) is 229 Å². The van der Waals surface area contributed by atoms with Gasteiger partial charge in [-0.05, 0) is 92.0 Å². The van der Waals surface area contributed by atoms with Crippen LogP contribution in [-0.2, 0) is 5.41 Å². The highest BCUT2D eigenvalue weighted by Crippen LogP contribution is 2.60. The molecule has 1 aliphatic carbocycles. The summed E-state index contributed by atoms with van der Waals surface area (Å²) in [7, 11) is 0. The maximum absolute atomic E-state index is 6.48. The average molecular weight is 752 g/mol. The Morgan fingerprint density at radius 1 is 0.339 bits per heavy atom. The highest BCUT2D eigenvalue weighted by atomic mass is 16.3. The number of hydrogen-bond acceptors (Lipinski definition) is 2. The number of furan rings is 1. The van der Waals surface area contributed by atoms with Crippen molar-refractivity contribution in [1.82, 2.24) is 0 Å². The lowest BCUT2D eigenvalue weighted by molar-refractivity contribution is 0.669. The van der Waals surface area contributed by atoms with Crippen molar-refractivity contribution >= 4 is 60.5 Å². The molecule has 0 saturated heterocycles. The van der Waals surface area contributed by atoms with Crippen molar-refractivity contribution in [3.63, 3.8) is 0 Å². The fraction of sp³-hybridized carbons (Fsp3) is 0.0175. The van der Waals surface area contributed by atoms with E-state index in [1.165, 1.54) is 54.9 Å². The zero-order chi connectivity index (χ0) is 38.9. The monoisotopic (exact) mass is 751 g/mol. The Labute approximate surface area is 342 Å². The first-order valence-corrected chi connectivity index (χ1v) is 20.3. The molecular weight excluding hydrogens is 715 g/mol. The third-order valence-corrected chi connectivity index (χ3v) is 12.5. The van der Waals surface area contributed by atoms with Crippen LogP contribution in [0.15, 0.2) is 229 Å². The molecule has 0 aliphatic heterocycles. The molecule has 1 heterocycles. The number of anilines is 3. The number of fused-ring (bicyclic) bond motifs is 8. The smallest absolute Gasteiger partial charge is 0.136 e. The second-order valence-electron chi connectivity index (χ2n) is 15.6. The average Bonchev–Trinajstić information content (AvgIpc) is 3.82. The van der Waals surface area contributed by atoms with E-state index >= 15 is 0 Å². The molecule has 11 aromatic rings. The van der Waals surface area contributed by atoms with Gasteiger partial charge in [0.2, 0.25) is 0 Å². The topological polar surface area (TPSA) is 16.4 Å². The van der Waals surface area contributed by atoms with Gasteiger partial charge in [0, 0.05) is 27.3 Å². The Morgan fingerprint density at radius 2 is 0.898 bits per heavy atom. The Bertz CT molecular complexity index is 3350. The van der Waals surface area contributed by atoms with Crippen LogP contribution in [0.5, 0.6) is 0 Å². The molecule has 1 aromatic heterocycles. The van der Waals surface area contributed by atoms with E-state index in [1.807, 2.05) is 0 Å². The molecule has 0 N–H and O–H groups in total. The van der Waals surface area contributed by atoms with Crippen LogP contribution < -0.4 is 4.90 Å². The lowest BCUT2D eigenvalue weighted by Gasteiger charge is -2.35. The fourth-order valence-electron chi connectivity index (χ4n) is 10.00. The van der Waals surface area contributed by atoms with E-state index in [0.29, 0.717) is 0 Å². The van der Waals surface area contributed by atoms with Crippen LogP contribution in [-0.4, -0.2) is 0 Å². The van der Waals surface area contributed by atoms with Gasteiger partial charge in [0.1, 0.15) is 11.2 Å². The van der Waals surface area contributed by atoms with Gasteiger partial charge in [0.15, 0.2) is 0 Å². The summed E-state index contributed by atoms with van der Waals surface area (Å²) in [6.07, 6.45) is 0. The molecule has 12 rings (SSSR count). The number of hydrogen-bond donors (Lipinski definition) is 0. The second-order valence-corrected chi connectivity index (χ2v) is 15.6. The zero-order valence-electron chi connectivity index (χ0n) is 32.2. The fourth-order valence-corrected chi connectivity index (χ4v) is 10.00. The molecule has 0 radical (unpaired) electrons. The number of nitrogens with zero attached hydrogens (tertiary/aromatic N) is 1. The van der Waals surface area contributed by atoms with Crippen LogP contribution in [0.25, 0.3) is 65.7 Å². The molecule has 0 spiro atoms. The van der Waals surface area contributed by atoms with E-state index in [0.717, 1.165) is 50.1 Å². The van der Waals surface area contributed by atoms with Crippen molar-refractivity contribution in [2.75, 3.05) is 4.90 Å². The van der Waals surface area contributed by atoms with Gasteiger partial charge in [-0.3, -0.25) is 0 Å². The van der Waals surface area contributed by atoms with Crippen LogP contribution >= 0.6 is 0 Å². The summed E-state index contributed by atoms with van der Waals surface area (Å²) in [5, 5.41) is 7.00. The van der Waals surface area contributed by atoms with E-state index < -0.39 is 5.41 Å². The normalized spacial score (nSPS) is 12.9. The number of rotatable bonds is 6. The maximum atomic E-state index is 6.48. The molecule has 10 aromatic carbocycles.